The van der Waals surface area contributed by atoms with Crippen molar-refractivity contribution in [3.63, 3.8) is 0 Å². The zero-order valence-corrected chi connectivity index (χ0v) is 15.3. The lowest BCUT2D eigenvalue weighted by Crippen LogP contribution is -2.22. The van der Waals surface area contributed by atoms with E-state index in [1.165, 1.54) is 25.3 Å². The van der Waals surface area contributed by atoms with E-state index in [2.05, 4.69) is 30.8 Å². The lowest BCUT2D eigenvalue weighted by Gasteiger charge is -2.22. The van der Waals surface area contributed by atoms with E-state index in [9.17, 15) is 14.7 Å². The second-order valence-electron chi connectivity index (χ2n) is 6.81. The summed E-state index contributed by atoms with van der Waals surface area (Å²) >= 11 is 0. The van der Waals surface area contributed by atoms with Crippen molar-refractivity contribution in [1.29, 1.82) is 0 Å². The molecule has 0 fully saturated rings. The number of para-hydroxylation sites is 1. The number of hydrogen-bond donors (Lipinski definition) is 2. The molecule has 0 atom stereocenters. The molecule has 6 heteroatoms. The van der Waals surface area contributed by atoms with Crippen molar-refractivity contribution < 1.29 is 24.2 Å². The predicted octanol–water partition coefficient (Wildman–Crippen LogP) is 3.49. The molecular formula is C20H23NO5. The fourth-order valence-corrected chi connectivity index (χ4v) is 2.44. The van der Waals surface area contributed by atoms with Crippen molar-refractivity contribution in [2.24, 2.45) is 0 Å². The number of anilines is 1. The molecule has 0 saturated heterocycles. The quantitative estimate of drug-likeness (QED) is 0.632. The minimum absolute atomic E-state index is 0.0238. The Bertz CT molecular complexity index is 808. The van der Waals surface area contributed by atoms with Gasteiger partial charge in [0.05, 0.1) is 7.11 Å². The summed E-state index contributed by atoms with van der Waals surface area (Å²) in [5.41, 5.74) is 1.23. The summed E-state index contributed by atoms with van der Waals surface area (Å²) in [6.45, 7) is 6.03. The monoisotopic (exact) mass is 357 g/mol. The molecule has 6 nitrogen and oxygen atoms in total. The minimum atomic E-state index is -0.686. The summed E-state index contributed by atoms with van der Waals surface area (Å²) in [7, 11) is 1.22. The summed E-state index contributed by atoms with van der Waals surface area (Å²) < 4.78 is 10.3. The summed E-state index contributed by atoms with van der Waals surface area (Å²) in [6.07, 6.45) is 0. The SMILES string of the molecule is COC(=O)c1cc(NC(=O)COc2ccccc2C(C)(C)C)ccc1O. The summed E-state index contributed by atoms with van der Waals surface area (Å²) in [5, 5.41) is 12.3. The molecule has 1 amide bonds. The van der Waals surface area contributed by atoms with Crippen molar-refractivity contribution in [2.75, 3.05) is 19.0 Å². The van der Waals surface area contributed by atoms with Crippen molar-refractivity contribution in [3.05, 3.63) is 53.6 Å². The second kappa shape index (κ2) is 7.91. The highest BCUT2D eigenvalue weighted by Gasteiger charge is 2.19. The van der Waals surface area contributed by atoms with Crippen molar-refractivity contribution in [1.82, 2.24) is 0 Å². The molecule has 0 aliphatic carbocycles. The van der Waals surface area contributed by atoms with Crippen molar-refractivity contribution >= 4 is 17.6 Å². The number of phenolic OH excluding ortho intramolecular Hbond substituents is 1. The van der Waals surface area contributed by atoms with Crippen LogP contribution in [0.25, 0.3) is 0 Å². The van der Waals surface area contributed by atoms with Crippen LogP contribution in [0.3, 0.4) is 0 Å². The number of carbonyl (C=O) groups is 2. The van der Waals surface area contributed by atoms with E-state index in [0.717, 1.165) is 5.56 Å². The smallest absolute Gasteiger partial charge is 0.341 e. The standard InChI is InChI=1S/C20H23NO5/c1-20(2,3)15-7-5-6-8-17(15)26-12-18(23)21-13-9-10-16(22)14(11-13)19(24)25-4/h5-11,22H,12H2,1-4H3,(H,21,23). The Morgan fingerprint density at radius 3 is 2.46 bits per heavy atom. The molecule has 2 N–H and O–H groups in total. The fourth-order valence-electron chi connectivity index (χ4n) is 2.44. The van der Waals surface area contributed by atoms with Crippen LogP contribution in [-0.4, -0.2) is 30.7 Å². The number of methoxy groups -OCH3 is 1. The van der Waals surface area contributed by atoms with Crippen molar-refractivity contribution in [2.45, 2.75) is 26.2 Å². The molecule has 0 saturated carbocycles. The van der Waals surface area contributed by atoms with Crippen LogP contribution in [0.15, 0.2) is 42.5 Å². The minimum Gasteiger partial charge on any atom is -0.507 e. The number of aromatic hydroxyl groups is 1. The zero-order chi connectivity index (χ0) is 19.3. The van der Waals surface area contributed by atoms with Gasteiger partial charge in [0.1, 0.15) is 17.1 Å². The van der Waals surface area contributed by atoms with Crippen LogP contribution in [0, 0.1) is 0 Å². The van der Waals surface area contributed by atoms with Crippen molar-refractivity contribution in [3.8, 4) is 11.5 Å². The van der Waals surface area contributed by atoms with E-state index in [4.69, 9.17) is 4.74 Å². The van der Waals surface area contributed by atoms with Crippen LogP contribution in [0.4, 0.5) is 5.69 Å². The second-order valence-corrected chi connectivity index (χ2v) is 6.81. The number of amides is 1. The number of phenols is 1. The molecule has 26 heavy (non-hydrogen) atoms. The summed E-state index contributed by atoms with van der Waals surface area (Å²) in [4.78, 5) is 23.8. The third kappa shape index (κ3) is 4.75. The van der Waals surface area contributed by atoms with Gasteiger partial charge in [-0.1, -0.05) is 39.0 Å². The first kappa shape index (κ1) is 19.3. The average molecular weight is 357 g/mol. The normalized spacial score (nSPS) is 10.9. The van der Waals surface area contributed by atoms with Crippen LogP contribution in [-0.2, 0) is 14.9 Å². The maximum Gasteiger partial charge on any atom is 0.341 e. The van der Waals surface area contributed by atoms with E-state index in [0.29, 0.717) is 11.4 Å². The number of carbonyl (C=O) groups excluding carboxylic acids is 2. The third-order valence-electron chi connectivity index (χ3n) is 3.74. The van der Waals surface area contributed by atoms with Gasteiger partial charge in [0.2, 0.25) is 0 Å². The molecule has 0 bridgehead atoms. The number of hydrogen-bond acceptors (Lipinski definition) is 5. The number of benzene rings is 2. The Morgan fingerprint density at radius 2 is 1.81 bits per heavy atom. The summed E-state index contributed by atoms with van der Waals surface area (Å²) in [5.74, 6) is -0.634. The highest BCUT2D eigenvalue weighted by Crippen LogP contribution is 2.31. The molecule has 0 aliphatic rings. The highest BCUT2D eigenvalue weighted by atomic mass is 16.5. The third-order valence-corrected chi connectivity index (χ3v) is 3.74. The molecule has 0 unspecified atom stereocenters. The van der Waals surface area contributed by atoms with Gasteiger partial charge in [-0.25, -0.2) is 4.79 Å². The van der Waals surface area contributed by atoms with E-state index in [1.54, 1.807) is 0 Å². The highest BCUT2D eigenvalue weighted by molar-refractivity contribution is 5.96. The number of rotatable bonds is 5. The number of esters is 1. The van der Waals surface area contributed by atoms with Gasteiger partial charge in [0.15, 0.2) is 6.61 Å². The van der Waals surface area contributed by atoms with E-state index >= 15 is 0 Å². The van der Waals surface area contributed by atoms with Gasteiger partial charge in [0.25, 0.3) is 5.91 Å². The molecule has 0 aromatic heterocycles. The fraction of sp³-hybridized carbons (Fsp3) is 0.300. The van der Waals surface area contributed by atoms with Crippen LogP contribution in [0.5, 0.6) is 11.5 Å². The number of nitrogens with one attached hydrogen (secondary N) is 1. The zero-order valence-electron chi connectivity index (χ0n) is 15.3. The van der Waals surface area contributed by atoms with E-state index in [1.807, 2.05) is 24.3 Å². The molecule has 0 heterocycles. The Hall–Kier alpha value is -3.02. The molecule has 0 aliphatic heterocycles. The van der Waals surface area contributed by atoms with E-state index in [-0.39, 0.29) is 29.2 Å². The molecular weight excluding hydrogens is 334 g/mol. The van der Waals surface area contributed by atoms with Crippen LogP contribution in [0.1, 0.15) is 36.7 Å². The lowest BCUT2D eigenvalue weighted by atomic mass is 9.86. The molecule has 2 rings (SSSR count). The van der Waals surface area contributed by atoms with Gasteiger partial charge in [-0.3, -0.25) is 4.79 Å². The molecule has 0 radical (unpaired) electrons. The Labute approximate surface area is 152 Å². The van der Waals surface area contributed by atoms with Gasteiger partial charge in [-0.05, 0) is 35.2 Å². The molecule has 2 aromatic carbocycles. The van der Waals surface area contributed by atoms with Gasteiger partial charge in [-0.15, -0.1) is 0 Å². The Morgan fingerprint density at radius 1 is 1.12 bits per heavy atom. The van der Waals surface area contributed by atoms with Gasteiger partial charge < -0.3 is 19.9 Å². The topological polar surface area (TPSA) is 84.9 Å². The average Bonchev–Trinajstić information content (AvgIpc) is 2.60. The lowest BCUT2D eigenvalue weighted by molar-refractivity contribution is -0.118. The van der Waals surface area contributed by atoms with Crippen LogP contribution in [0.2, 0.25) is 0 Å². The largest absolute Gasteiger partial charge is 0.507 e. The molecule has 0 spiro atoms. The maximum absolute atomic E-state index is 12.2. The first-order valence-corrected chi connectivity index (χ1v) is 8.16. The maximum atomic E-state index is 12.2. The predicted molar refractivity (Wildman–Crippen MR) is 98.7 cm³/mol. The van der Waals surface area contributed by atoms with Gasteiger partial charge in [-0.2, -0.15) is 0 Å². The summed E-state index contributed by atoms with van der Waals surface area (Å²) in [6, 6.07) is 11.7. The molecule has 2 aromatic rings. The van der Waals surface area contributed by atoms with Gasteiger partial charge in [0, 0.05) is 5.69 Å². The van der Waals surface area contributed by atoms with E-state index < -0.39 is 5.97 Å². The number of ether oxygens (including phenoxy) is 2. The van der Waals surface area contributed by atoms with Crippen LogP contribution >= 0.6 is 0 Å². The van der Waals surface area contributed by atoms with Gasteiger partial charge >= 0.3 is 5.97 Å². The van der Waals surface area contributed by atoms with Crippen LogP contribution < -0.4 is 10.1 Å². The Balaban J connectivity index is 2.06. The molecule has 138 valence electrons. The first-order valence-electron chi connectivity index (χ1n) is 8.16. The first-order chi connectivity index (χ1) is 12.2. The Kier molecular flexibility index (Phi) is 5.87.